The van der Waals surface area contributed by atoms with Crippen LogP contribution in [-0.4, -0.2) is 21.3 Å². The van der Waals surface area contributed by atoms with Crippen LogP contribution in [0.25, 0.3) is 0 Å². The van der Waals surface area contributed by atoms with Gasteiger partial charge in [0.15, 0.2) is 0 Å². The summed E-state index contributed by atoms with van der Waals surface area (Å²) in [5.41, 5.74) is 7.15. The van der Waals surface area contributed by atoms with Crippen LogP contribution in [-0.2, 0) is 25.8 Å². The zero-order chi connectivity index (χ0) is 13.8. The Balaban J connectivity index is 1.58. The van der Waals surface area contributed by atoms with E-state index in [0.29, 0.717) is 5.92 Å². The molecular formula is C16H22N4. The molecule has 0 radical (unpaired) electrons. The van der Waals surface area contributed by atoms with E-state index in [1.165, 1.54) is 5.56 Å². The van der Waals surface area contributed by atoms with E-state index in [-0.39, 0.29) is 0 Å². The van der Waals surface area contributed by atoms with Crippen LogP contribution in [0.15, 0.2) is 30.3 Å². The van der Waals surface area contributed by atoms with Gasteiger partial charge < -0.3 is 10.3 Å². The summed E-state index contributed by atoms with van der Waals surface area (Å²) in [4.78, 5) is 0. The minimum atomic E-state index is 0.587. The summed E-state index contributed by atoms with van der Waals surface area (Å²) in [6, 6.07) is 10.6. The quantitative estimate of drug-likeness (QED) is 0.903. The fourth-order valence-corrected chi connectivity index (χ4v) is 2.93. The van der Waals surface area contributed by atoms with Crippen LogP contribution in [0.3, 0.4) is 0 Å². The van der Waals surface area contributed by atoms with E-state index in [1.807, 2.05) is 0 Å². The summed E-state index contributed by atoms with van der Waals surface area (Å²) in [6.45, 7) is 1.79. The molecule has 4 heteroatoms. The van der Waals surface area contributed by atoms with Crippen LogP contribution in [0.1, 0.15) is 30.1 Å². The van der Waals surface area contributed by atoms with E-state index in [0.717, 1.165) is 56.8 Å². The molecule has 1 aliphatic rings. The molecule has 1 unspecified atom stereocenters. The lowest BCUT2D eigenvalue weighted by atomic mass is 9.98. The normalized spacial score (nSPS) is 17.9. The van der Waals surface area contributed by atoms with Gasteiger partial charge in [0, 0.05) is 19.4 Å². The molecule has 0 saturated heterocycles. The molecule has 4 nitrogen and oxygen atoms in total. The number of aryl methyl sites for hydroxylation is 2. The number of fused-ring (bicyclic) bond motifs is 1. The predicted octanol–water partition coefficient (Wildman–Crippen LogP) is 1.97. The average Bonchev–Trinajstić information content (AvgIpc) is 2.91. The zero-order valence-corrected chi connectivity index (χ0v) is 11.8. The van der Waals surface area contributed by atoms with E-state index >= 15 is 0 Å². The molecule has 106 valence electrons. The van der Waals surface area contributed by atoms with E-state index in [4.69, 9.17) is 5.73 Å². The molecule has 0 saturated carbocycles. The molecule has 0 fully saturated rings. The maximum absolute atomic E-state index is 5.75. The van der Waals surface area contributed by atoms with E-state index in [9.17, 15) is 0 Å². The smallest absolute Gasteiger partial charge is 0.133 e. The van der Waals surface area contributed by atoms with Gasteiger partial charge in [-0.05, 0) is 37.3 Å². The predicted molar refractivity (Wildman–Crippen MR) is 79.4 cm³/mol. The van der Waals surface area contributed by atoms with Crippen molar-refractivity contribution in [1.82, 2.24) is 14.8 Å². The largest absolute Gasteiger partial charge is 0.330 e. The van der Waals surface area contributed by atoms with Gasteiger partial charge >= 0.3 is 0 Å². The Kier molecular flexibility index (Phi) is 4.11. The zero-order valence-electron chi connectivity index (χ0n) is 11.8. The van der Waals surface area contributed by atoms with Crippen molar-refractivity contribution in [3.63, 3.8) is 0 Å². The van der Waals surface area contributed by atoms with E-state index in [2.05, 4.69) is 45.1 Å². The number of aromatic nitrogens is 3. The van der Waals surface area contributed by atoms with E-state index < -0.39 is 0 Å². The molecule has 0 spiro atoms. The van der Waals surface area contributed by atoms with Crippen molar-refractivity contribution >= 4 is 0 Å². The van der Waals surface area contributed by atoms with Gasteiger partial charge in [-0.3, -0.25) is 0 Å². The lowest BCUT2D eigenvalue weighted by molar-refractivity contribution is 0.383. The van der Waals surface area contributed by atoms with Gasteiger partial charge in [-0.2, -0.15) is 0 Å². The van der Waals surface area contributed by atoms with Gasteiger partial charge in [-0.15, -0.1) is 10.2 Å². The highest BCUT2D eigenvalue weighted by molar-refractivity contribution is 5.14. The molecule has 1 aromatic heterocycles. The Morgan fingerprint density at radius 1 is 1.15 bits per heavy atom. The van der Waals surface area contributed by atoms with Crippen molar-refractivity contribution in [2.75, 3.05) is 6.54 Å². The number of hydrogen-bond acceptors (Lipinski definition) is 3. The second-order valence-corrected chi connectivity index (χ2v) is 5.62. The fourth-order valence-electron chi connectivity index (χ4n) is 2.93. The first kappa shape index (κ1) is 13.3. The molecule has 1 aromatic carbocycles. The minimum absolute atomic E-state index is 0.587. The number of nitrogens with two attached hydrogens (primary N) is 1. The number of benzene rings is 1. The Bertz CT molecular complexity index is 547. The maximum Gasteiger partial charge on any atom is 0.133 e. The van der Waals surface area contributed by atoms with Gasteiger partial charge in [0.05, 0.1) is 0 Å². The molecule has 1 atom stereocenters. The summed E-state index contributed by atoms with van der Waals surface area (Å²) in [6.07, 6.45) is 5.39. The molecule has 0 bridgehead atoms. The lowest BCUT2D eigenvalue weighted by Crippen LogP contribution is -2.26. The first-order valence-corrected chi connectivity index (χ1v) is 7.51. The number of hydrogen-bond donors (Lipinski definition) is 1. The highest BCUT2D eigenvalue weighted by atomic mass is 15.3. The van der Waals surface area contributed by atoms with Crippen molar-refractivity contribution in [3.8, 4) is 0 Å². The van der Waals surface area contributed by atoms with Crippen LogP contribution < -0.4 is 5.73 Å². The summed E-state index contributed by atoms with van der Waals surface area (Å²) in [5, 5.41) is 8.71. The van der Waals surface area contributed by atoms with Crippen molar-refractivity contribution in [2.24, 2.45) is 11.7 Å². The van der Waals surface area contributed by atoms with Crippen molar-refractivity contribution in [1.29, 1.82) is 0 Å². The summed E-state index contributed by atoms with van der Waals surface area (Å²) >= 11 is 0. The summed E-state index contributed by atoms with van der Waals surface area (Å²) in [5.74, 6) is 2.86. The second-order valence-electron chi connectivity index (χ2n) is 5.62. The second kappa shape index (κ2) is 6.18. The molecule has 1 aliphatic heterocycles. The van der Waals surface area contributed by atoms with Crippen LogP contribution in [0.2, 0.25) is 0 Å². The van der Waals surface area contributed by atoms with Crippen LogP contribution >= 0.6 is 0 Å². The maximum atomic E-state index is 5.75. The third-order valence-corrected chi connectivity index (χ3v) is 4.18. The molecule has 3 rings (SSSR count). The average molecular weight is 270 g/mol. The Morgan fingerprint density at radius 3 is 2.80 bits per heavy atom. The topological polar surface area (TPSA) is 56.7 Å². The van der Waals surface area contributed by atoms with Gasteiger partial charge in [-0.25, -0.2) is 0 Å². The number of nitrogens with zero attached hydrogens (tertiary/aromatic N) is 3. The van der Waals surface area contributed by atoms with Gasteiger partial charge in [0.1, 0.15) is 11.6 Å². The lowest BCUT2D eigenvalue weighted by Gasteiger charge is -2.22. The number of rotatable bonds is 5. The Morgan fingerprint density at radius 2 is 2.00 bits per heavy atom. The molecular weight excluding hydrogens is 248 g/mol. The monoisotopic (exact) mass is 270 g/mol. The van der Waals surface area contributed by atoms with Crippen LogP contribution in [0, 0.1) is 5.92 Å². The van der Waals surface area contributed by atoms with Crippen molar-refractivity contribution in [2.45, 2.75) is 38.6 Å². The third kappa shape index (κ3) is 2.90. The first-order valence-electron chi connectivity index (χ1n) is 7.51. The molecule has 2 heterocycles. The fraction of sp³-hybridized carbons (Fsp3) is 0.500. The minimum Gasteiger partial charge on any atom is -0.330 e. The molecule has 0 aliphatic carbocycles. The standard InChI is InChI=1S/C16H22N4/c17-12-14-9-10-20-15(18-19-16(20)11-14)8-4-7-13-5-2-1-3-6-13/h1-3,5-6,14H,4,7-12,17H2. The van der Waals surface area contributed by atoms with Crippen LogP contribution in [0.5, 0.6) is 0 Å². The summed E-state index contributed by atoms with van der Waals surface area (Å²) in [7, 11) is 0. The first-order chi connectivity index (χ1) is 9.86. The van der Waals surface area contributed by atoms with Crippen molar-refractivity contribution < 1.29 is 0 Å². The third-order valence-electron chi connectivity index (χ3n) is 4.18. The van der Waals surface area contributed by atoms with Gasteiger partial charge in [-0.1, -0.05) is 30.3 Å². The molecule has 2 N–H and O–H groups in total. The highest BCUT2D eigenvalue weighted by Gasteiger charge is 2.21. The SMILES string of the molecule is NCC1CCn2c(CCCc3ccccc3)nnc2C1. The molecule has 2 aromatic rings. The summed E-state index contributed by atoms with van der Waals surface area (Å²) < 4.78 is 2.30. The Labute approximate surface area is 120 Å². The molecule has 20 heavy (non-hydrogen) atoms. The van der Waals surface area contributed by atoms with Gasteiger partial charge in [0.25, 0.3) is 0 Å². The highest BCUT2D eigenvalue weighted by Crippen LogP contribution is 2.20. The van der Waals surface area contributed by atoms with Gasteiger partial charge in [0.2, 0.25) is 0 Å². The van der Waals surface area contributed by atoms with Crippen molar-refractivity contribution in [3.05, 3.63) is 47.5 Å². The van der Waals surface area contributed by atoms with Crippen LogP contribution in [0.4, 0.5) is 0 Å². The van der Waals surface area contributed by atoms with E-state index in [1.54, 1.807) is 0 Å². The Hall–Kier alpha value is -1.68. The molecule has 0 amide bonds.